The van der Waals surface area contributed by atoms with E-state index in [1.807, 2.05) is 37.3 Å². The minimum atomic E-state index is -0.996. The Morgan fingerprint density at radius 3 is 2.02 bits per heavy atom. The predicted octanol–water partition coefficient (Wildman–Crippen LogP) is -0.440. The first-order valence-corrected chi connectivity index (χ1v) is 14.4. The van der Waals surface area contributed by atoms with Crippen molar-refractivity contribution in [3.05, 3.63) is 65.7 Å². The Bertz CT molecular complexity index is 1200. The molecule has 0 bridgehead atoms. The van der Waals surface area contributed by atoms with Crippen molar-refractivity contribution in [2.24, 2.45) is 22.2 Å². The quantitative estimate of drug-likeness (QED) is 0.0601. The third-order valence-electron chi connectivity index (χ3n) is 6.50. The summed E-state index contributed by atoms with van der Waals surface area (Å²) in [5, 5.41) is 21.1. The molecule has 0 heterocycles. The standard InChI is InChI=1S/C30H44N8O5/c1-2-15-34-24(18-21-10-12-22(39)13-11-21)29(43)37-23(9-6-16-36-30(32)33)28(42)38-25(19-20-7-4-3-5-8-20)27(41)35-17-14-26(31)40/h3-5,7-8,10-13,23-25,34,39H,2,6,9,14-19H2,1H3,(H2,31,40)(H,35,41)(H,37,43)(H,38,42)(H4,32,33,36)/t23-,24+,25+/m1/s1. The molecule has 13 heteroatoms. The zero-order valence-electron chi connectivity index (χ0n) is 24.6. The molecule has 3 atom stereocenters. The van der Waals surface area contributed by atoms with Gasteiger partial charge in [0.15, 0.2) is 5.96 Å². The van der Waals surface area contributed by atoms with Crippen LogP contribution in [-0.4, -0.2) is 72.5 Å². The van der Waals surface area contributed by atoms with E-state index in [0.29, 0.717) is 19.4 Å². The number of phenolic OH excluding ortho intramolecular Hbond substituents is 1. The van der Waals surface area contributed by atoms with Crippen molar-refractivity contribution in [1.82, 2.24) is 21.3 Å². The van der Waals surface area contributed by atoms with Crippen molar-refractivity contribution in [2.45, 2.75) is 63.6 Å². The van der Waals surface area contributed by atoms with Crippen LogP contribution in [0.5, 0.6) is 5.75 Å². The van der Waals surface area contributed by atoms with Gasteiger partial charge >= 0.3 is 0 Å². The third kappa shape index (κ3) is 13.7. The van der Waals surface area contributed by atoms with E-state index in [0.717, 1.165) is 17.5 Å². The molecule has 11 N–H and O–H groups in total. The fourth-order valence-corrected chi connectivity index (χ4v) is 4.25. The number of rotatable bonds is 19. The molecule has 0 aliphatic heterocycles. The highest BCUT2D eigenvalue weighted by molar-refractivity contribution is 5.93. The molecule has 0 aromatic heterocycles. The minimum absolute atomic E-state index is 0.0239. The number of guanidine groups is 1. The molecule has 2 aromatic rings. The van der Waals surface area contributed by atoms with E-state index in [9.17, 15) is 24.3 Å². The second kappa shape index (κ2) is 18.7. The largest absolute Gasteiger partial charge is 0.508 e. The van der Waals surface area contributed by atoms with Crippen molar-refractivity contribution in [1.29, 1.82) is 0 Å². The number of nitrogens with zero attached hydrogens (tertiary/aromatic N) is 1. The number of hydrogen-bond acceptors (Lipinski definition) is 7. The van der Waals surface area contributed by atoms with Gasteiger partial charge in [0.2, 0.25) is 23.6 Å². The molecule has 2 rings (SSSR count). The van der Waals surface area contributed by atoms with Crippen LogP contribution in [0.2, 0.25) is 0 Å². The Kier molecular flexibility index (Phi) is 15.0. The fraction of sp³-hybridized carbons (Fsp3) is 0.433. The lowest BCUT2D eigenvalue weighted by molar-refractivity contribution is -0.132. The number of benzene rings is 2. The first-order chi connectivity index (χ1) is 20.6. The molecule has 2 aromatic carbocycles. The second-order valence-electron chi connectivity index (χ2n) is 10.1. The summed E-state index contributed by atoms with van der Waals surface area (Å²) in [4.78, 5) is 55.3. The van der Waals surface area contributed by atoms with Crippen LogP contribution < -0.4 is 38.5 Å². The van der Waals surface area contributed by atoms with Crippen molar-refractivity contribution in [3.63, 3.8) is 0 Å². The summed E-state index contributed by atoms with van der Waals surface area (Å²) in [5.41, 5.74) is 17.7. The molecular formula is C30H44N8O5. The second-order valence-corrected chi connectivity index (χ2v) is 10.1. The highest BCUT2D eigenvalue weighted by Crippen LogP contribution is 2.12. The van der Waals surface area contributed by atoms with E-state index >= 15 is 0 Å². The number of nitrogens with one attached hydrogen (secondary N) is 4. The number of carbonyl (C=O) groups excluding carboxylic acids is 4. The first kappa shape index (κ1) is 34.6. The number of primary amides is 1. The van der Waals surface area contributed by atoms with Gasteiger partial charge in [0, 0.05) is 25.9 Å². The highest BCUT2D eigenvalue weighted by Gasteiger charge is 2.29. The van der Waals surface area contributed by atoms with E-state index in [2.05, 4.69) is 26.3 Å². The van der Waals surface area contributed by atoms with Crippen LogP contribution in [0.4, 0.5) is 0 Å². The molecule has 0 saturated carbocycles. The van der Waals surface area contributed by atoms with E-state index in [1.165, 1.54) is 0 Å². The molecule has 0 saturated heterocycles. The van der Waals surface area contributed by atoms with Gasteiger partial charge in [-0.25, -0.2) is 0 Å². The van der Waals surface area contributed by atoms with Crippen LogP contribution in [0.3, 0.4) is 0 Å². The molecule has 0 aliphatic rings. The monoisotopic (exact) mass is 596 g/mol. The number of amides is 4. The van der Waals surface area contributed by atoms with Gasteiger partial charge in [-0.3, -0.25) is 24.2 Å². The lowest BCUT2D eigenvalue weighted by atomic mass is 10.0. The van der Waals surface area contributed by atoms with Gasteiger partial charge in [-0.15, -0.1) is 0 Å². The van der Waals surface area contributed by atoms with Crippen LogP contribution in [0, 0.1) is 0 Å². The van der Waals surface area contributed by atoms with E-state index in [1.54, 1.807) is 24.3 Å². The molecule has 4 amide bonds. The Labute approximate surface area is 252 Å². The SMILES string of the molecule is CCCN[C@@H](Cc1ccc(O)cc1)C(=O)N[C@H](CCCN=C(N)N)C(=O)N[C@@H](Cc1ccccc1)C(=O)NCCC(N)=O. The lowest BCUT2D eigenvalue weighted by Crippen LogP contribution is -2.57. The summed E-state index contributed by atoms with van der Waals surface area (Å²) >= 11 is 0. The Hall–Kier alpha value is -4.65. The third-order valence-corrected chi connectivity index (χ3v) is 6.50. The Morgan fingerprint density at radius 2 is 1.40 bits per heavy atom. The molecule has 0 spiro atoms. The first-order valence-electron chi connectivity index (χ1n) is 14.4. The maximum atomic E-state index is 13.6. The average Bonchev–Trinajstić information content (AvgIpc) is 2.97. The normalized spacial score (nSPS) is 12.8. The van der Waals surface area contributed by atoms with Crippen LogP contribution in [0.25, 0.3) is 0 Å². The average molecular weight is 597 g/mol. The molecule has 0 unspecified atom stereocenters. The van der Waals surface area contributed by atoms with E-state index in [4.69, 9.17) is 17.2 Å². The summed E-state index contributed by atoms with van der Waals surface area (Å²) in [5.74, 6) is -1.97. The van der Waals surface area contributed by atoms with Crippen LogP contribution in [-0.2, 0) is 32.0 Å². The van der Waals surface area contributed by atoms with Gasteiger partial charge in [-0.2, -0.15) is 0 Å². The summed E-state index contributed by atoms with van der Waals surface area (Å²) in [6.07, 6.45) is 1.84. The Morgan fingerprint density at radius 1 is 0.791 bits per heavy atom. The van der Waals surface area contributed by atoms with E-state index in [-0.39, 0.29) is 44.1 Å². The van der Waals surface area contributed by atoms with Crippen molar-refractivity contribution in [3.8, 4) is 5.75 Å². The van der Waals surface area contributed by atoms with E-state index < -0.39 is 41.8 Å². The molecule has 0 fully saturated rings. The van der Waals surface area contributed by atoms with Gasteiger partial charge in [-0.1, -0.05) is 49.4 Å². The maximum absolute atomic E-state index is 13.6. The number of phenols is 1. The Balaban J connectivity index is 2.24. The molecule has 43 heavy (non-hydrogen) atoms. The number of aliphatic imine (C=N–C) groups is 1. The lowest BCUT2D eigenvalue weighted by Gasteiger charge is -2.25. The van der Waals surface area contributed by atoms with Gasteiger partial charge < -0.3 is 43.6 Å². The summed E-state index contributed by atoms with van der Waals surface area (Å²) in [6, 6.07) is 13.1. The van der Waals surface area contributed by atoms with Crippen molar-refractivity contribution >= 4 is 29.6 Å². The molecule has 0 aliphatic carbocycles. The molecule has 0 radical (unpaired) electrons. The fourth-order valence-electron chi connectivity index (χ4n) is 4.25. The minimum Gasteiger partial charge on any atom is -0.508 e. The summed E-state index contributed by atoms with van der Waals surface area (Å²) in [6.45, 7) is 2.82. The topological polar surface area (TPSA) is 227 Å². The van der Waals surface area contributed by atoms with Gasteiger partial charge in [0.25, 0.3) is 0 Å². The number of carbonyl (C=O) groups is 4. The smallest absolute Gasteiger partial charge is 0.243 e. The van der Waals surface area contributed by atoms with Crippen molar-refractivity contribution in [2.75, 3.05) is 19.6 Å². The maximum Gasteiger partial charge on any atom is 0.243 e. The van der Waals surface area contributed by atoms with Crippen molar-refractivity contribution < 1.29 is 24.3 Å². The molecule has 234 valence electrons. The predicted molar refractivity (Wildman–Crippen MR) is 165 cm³/mol. The van der Waals surface area contributed by atoms with Gasteiger partial charge in [0.05, 0.1) is 6.04 Å². The number of nitrogens with two attached hydrogens (primary N) is 3. The summed E-state index contributed by atoms with van der Waals surface area (Å²) < 4.78 is 0. The summed E-state index contributed by atoms with van der Waals surface area (Å²) in [7, 11) is 0. The van der Waals surface area contributed by atoms with Crippen LogP contribution in [0.15, 0.2) is 59.6 Å². The van der Waals surface area contributed by atoms with Crippen LogP contribution >= 0.6 is 0 Å². The molecular weight excluding hydrogens is 552 g/mol. The number of hydrogen-bond donors (Lipinski definition) is 8. The zero-order chi connectivity index (χ0) is 31.6. The molecule has 13 nitrogen and oxygen atoms in total. The highest BCUT2D eigenvalue weighted by atomic mass is 16.3. The van der Waals surface area contributed by atoms with Crippen LogP contribution in [0.1, 0.15) is 43.7 Å². The zero-order valence-corrected chi connectivity index (χ0v) is 24.6. The number of aromatic hydroxyl groups is 1. The van der Waals surface area contributed by atoms with Gasteiger partial charge in [0.1, 0.15) is 17.8 Å². The van der Waals surface area contributed by atoms with Gasteiger partial charge in [-0.05, 0) is 55.5 Å².